The van der Waals surface area contributed by atoms with Gasteiger partial charge in [0.1, 0.15) is 18.2 Å². The van der Waals surface area contributed by atoms with E-state index in [0.717, 1.165) is 50.2 Å². The number of aryl methyl sites for hydroxylation is 2. The molecule has 0 saturated heterocycles. The third kappa shape index (κ3) is 3.92. The minimum absolute atomic E-state index is 0.617. The Balaban J connectivity index is 1.57. The SMILES string of the molecule is [C-]#[N+]c1ccc2c(oc3c(-c4ccc(CC5CCCC5)c(C)[n+]4C)c(C)ccc32)c1-c1ccc(C)cc1. The predicted octanol–water partition coefficient (Wildman–Crippen LogP) is 8.95. The van der Waals surface area contributed by atoms with Crippen LogP contribution in [0.3, 0.4) is 0 Å². The van der Waals surface area contributed by atoms with Gasteiger partial charge in [-0.05, 0) is 43.4 Å². The molecule has 0 atom stereocenters. The zero-order valence-electron chi connectivity index (χ0n) is 22.2. The Morgan fingerprint density at radius 1 is 0.838 bits per heavy atom. The van der Waals surface area contributed by atoms with E-state index in [9.17, 15) is 0 Å². The maximum Gasteiger partial charge on any atom is 0.216 e. The third-order valence-electron chi connectivity index (χ3n) is 8.47. The average molecular weight is 486 g/mol. The van der Waals surface area contributed by atoms with Crippen LogP contribution in [-0.2, 0) is 13.5 Å². The van der Waals surface area contributed by atoms with Gasteiger partial charge in [-0.15, -0.1) is 0 Å². The summed E-state index contributed by atoms with van der Waals surface area (Å²) in [6, 6.07) is 21.3. The minimum atomic E-state index is 0.617. The molecule has 0 radical (unpaired) electrons. The van der Waals surface area contributed by atoms with Crippen molar-refractivity contribution in [3.8, 4) is 22.4 Å². The van der Waals surface area contributed by atoms with Crippen LogP contribution in [0, 0.1) is 33.3 Å². The summed E-state index contributed by atoms with van der Waals surface area (Å²) in [6.07, 6.45) is 6.64. The fraction of sp³-hybridized carbons (Fsp3) is 0.294. The van der Waals surface area contributed by atoms with Crippen molar-refractivity contribution in [2.24, 2.45) is 13.0 Å². The molecule has 3 aromatic carbocycles. The molecule has 1 fully saturated rings. The topological polar surface area (TPSA) is 21.4 Å². The standard InChI is InChI=1S/C34H33N2O/c1-21-10-13-25(14-11-21)32-29(35-4)18-17-28-27-16-12-22(2)31(33(27)37-34(28)32)30-19-15-26(23(3)36(30)5)20-24-8-6-7-9-24/h10-19,24H,6-9,20H2,1-3,5H3/q+1. The molecule has 0 amide bonds. The zero-order chi connectivity index (χ0) is 25.7. The van der Waals surface area contributed by atoms with E-state index in [1.54, 1.807) is 0 Å². The number of benzene rings is 3. The summed E-state index contributed by atoms with van der Waals surface area (Å²) >= 11 is 0. The molecule has 2 heterocycles. The van der Waals surface area contributed by atoms with Crippen LogP contribution in [0.15, 0.2) is 65.1 Å². The van der Waals surface area contributed by atoms with Gasteiger partial charge in [0.15, 0.2) is 11.4 Å². The van der Waals surface area contributed by atoms with Gasteiger partial charge in [0, 0.05) is 34.9 Å². The van der Waals surface area contributed by atoms with Crippen LogP contribution in [-0.4, -0.2) is 0 Å². The summed E-state index contributed by atoms with van der Waals surface area (Å²) in [4.78, 5) is 3.85. The van der Waals surface area contributed by atoms with E-state index in [0.29, 0.717) is 5.69 Å². The van der Waals surface area contributed by atoms with Crippen LogP contribution in [0.2, 0.25) is 0 Å². The van der Waals surface area contributed by atoms with E-state index in [-0.39, 0.29) is 0 Å². The third-order valence-corrected chi connectivity index (χ3v) is 8.47. The Morgan fingerprint density at radius 2 is 1.51 bits per heavy atom. The second-order valence-corrected chi connectivity index (χ2v) is 10.8. The van der Waals surface area contributed by atoms with Crippen LogP contribution in [0.25, 0.3) is 49.2 Å². The second kappa shape index (κ2) is 9.20. The lowest BCUT2D eigenvalue weighted by Crippen LogP contribution is -2.36. The van der Waals surface area contributed by atoms with Crippen LogP contribution < -0.4 is 4.57 Å². The van der Waals surface area contributed by atoms with Gasteiger partial charge in [0.2, 0.25) is 5.69 Å². The summed E-state index contributed by atoms with van der Waals surface area (Å²) in [5.41, 5.74) is 11.6. The lowest BCUT2D eigenvalue weighted by atomic mass is 9.95. The first-order valence-corrected chi connectivity index (χ1v) is 13.4. The zero-order valence-corrected chi connectivity index (χ0v) is 22.2. The normalized spacial score (nSPS) is 14.0. The number of hydrogen-bond donors (Lipinski definition) is 0. The van der Waals surface area contributed by atoms with Crippen molar-refractivity contribution in [1.82, 2.24) is 0 Å². The van der Waals surface area contributed by atoms with E-state index in [2.05, 4.69) is 85.8 Å². The second-order valence-electron chi connectivity index (χ2n) is 10.8. The van der Waals surface area contributed by atoms with E-state index in [4.69, 9.17) is 11.0 Å². The largest absolute Gasteiger partial charge is 0.456 e. The number of furan rings is 1. The number of nitrogens with zero attached hydrogens (tertiary/aromatic N) is 2. The van der Waals surface area contributed by atoms with Crippen molar-refractivity contribution in [3.63, 3.8) is 0 Å². The van der Waals surface area contributed by atoms with E-state index in [1.165, 1.54) is 54.5 Å². The van der Waals surface area contributed by atoms with Crippen LogP contribution in [0.4, 0.5) is 5.69 Å². The molecule has 3 nitrogen and oxygen atoms in total. The van der Waals surface area contributed by atoms with Crippen molar-refractivity contribution in [2.75, 3.05) is 0 Å². The highest BCUT2D eigenvalue weighted by atomic mass is 16.3. The lowest BCUT2D eigenvalue weighted by Gasteiger charge is -2.13. The van der Waals surface area contributed by atoms with Gasteiger partial charge in [0.05, 0.1) is 12.1 Å². The van der Waals surface area contributed by atoms with Crippen molar-refractivity contribution in [3.05, 3.63) is 94.5 Å². The Labute approximate surface area is 219 Å². The van der Waals surface area contributed by atoms with Gasteiger partial charge in [-0.2, -0.15) is 4.57 Å². The first-order chi connectivity index (χ1) is 18.0. The van der Waals surface area contributed by atoms with Gasteiger partial charge in [0.25, 0.3) is 0 Å². The van der Waals surface area contributed by atoms with Crippen LogP contribution >= 0.6 is 0 Å². The smallest absolute Gasteiger partial charge is 0.216 e. The molecule has 0 unspecified atom stereocenters. The lowest BCUT2D eigenvalue weighted by molar-refractivity contribution is -0.667. The number of fused-ring (bicyclic) bond motifs is 3. The van der Waals surface area contributed by atoms with Gasteiger partial charge in [-0.1, -0.05) is 79.8 Å². The van der Waals surface area contributed by atoms with Crippen LogP contribution in [0.1, 0.15) is 48.1 Å². The highest BCUT2D eigenvalue weighted by molar-refractivity contribution is 6.15. The summed E-state index contributed by atoms with van der Waals surface area (Å²) < 4.78 is 9.09. The molecule has 1 aliphatic rings. The summed E-state index contributed by atoms with van der Waals surface area (Å²) in [5, 5.41) is 2.14. The summed E-state index contributed by atoms with van der Waals surface area (Å²) in [6.45, 7) is 14.3. The molecule has 37 heavy (non-hydrogen) atoms. The molecule has 1 aliphatic carbocycles. The van der Waals surface area contributed by atoms with Crippen molar-refractivity contribution in [1.29, 1.82) is 0 Å². The van der Waals surface area contributed by atoms with Gasteiger partial charge >= 0.3 is 0 Å². The maximum absolute atomic E-state index is 7.83. The van der Waals surface area contributed by atoms with Crippen molar-refractivity contribution >= 4 is 27.6 Å². The van der Waals surface area contributed by atoms with E-state index in [1.807, 2.05) is 12.1 Å². The molecule has 0 bridgehead atoms. The number of pyridine rings is 1. The highest BCUT2D eigenvalue weighted by Crippen LogP contribution is 2.44. The van der Waals surface area contributed by atoms with Gasteiger partial charge < -0.3 is 4.42 Å². The fourth-order valence-electron chi connectivity index (χ4n) is 6.20. The molecule has 0 spiro atoms. The molecule has 3 heteroatoms. The van der Waals surface area contributed by atoms with Crippen molar-refractivity contribution in [2.45, 2.75) is 52.9 Å². The highest BCUT2D eigenvalue weighted by Gasteiger charge is 2.26. The molecule has 5 aromatic rings. The molecule has 2 aromatic heterocycles. The van der Waals surface area contributed by atoms with E-state index < -0.39 is 0 Å². The molecular formula is C34H33N2O+. The van der Waals surface area contributed by atoms with Crippen molar-refractivity contribution < 1.29 is 8.98 Å². The Kier molecular flexibility index (Phi) is 5.84. The Bertz CT molecular complexity index is 1690. The first-order valence-electron chi connectivity index (χ1n) is 13.4. The molecule has 184 valence electrons. The summed E-state index contributed by atoms with van der Waals surface area (Å²) in [7, 11) is 2.18. The fourth-order valence-corrected chi connectivity index (χ4v) is 6.20. The Hall–Kier alpha value is -3.90. The average Bonchev–Trinajstić information content (AvgIpc) is 3.55. The number of aromatic nitrogens is 1. The predicted molar refractivity (Wildman–Crippen MR) is 152 cm³/mol. The first kappa shape index (κ1) is 23.5. The molecule has 0 N–H and O–H groups in total. The quantitative estimate of drug-likeness (QED) is 0.184. The summed E-state index contributed by atoms with van der Waals surface area (Å²) in [5.74, 6) is 0.821. The minimum Gasteiger partial charge on any atom is -0.456 e. The molecule has 0 aliphatic heterocycles. The molecular weight excluding hydrogens is 452 g/mol. The van der Waals surface area contributed by atoms with E-state index >= 15 is 0 Å². The monoisotopic (exact) mass is 485 g/mol. The molecule has 1 saturated carbocycles. The Morgan fingerprint density at radius 3 is 2.22 bits per heavy atom. The van der Waals surface area contributed by atoms with Crippen LogP contribution in [0.5, 0.6) is 0 Å². The number of hydrogen-bond acceptors (Lipinski definition) is 1. The maximum atomic E-state index is 7.83. The van der Waals surface area contributed by atoms with Gasteiger partial charge in [-0.3, -0.25) is 0 Å². The number of rotatable bonds is 4. The molecule has 6 rings (SSSR count). The van der Waals surface area contributed by atoms with Gasteiger partial charge in [-0.25, -0.2) is 4.85 Å².